The van der Waals surface area contributed by atoms with Crippen LogP contribution in [0.15, 0.2) is 24.5 Å². The minimum atomic E-state index is 0.0469. The minimum Gasteiger partial charge on any atom is -0.496 e. The molecule has 1 aromatic carbocycles. The lowest BCUT2D eigenvalue weighted by Gasteiger charge is -2.27. The normalized spacial score (nSPS) is 15.1. The SMILES string of the molecule is COc1ccc(CO)cc1CN1CCn2cnnc2C1. The lowest BCUT2D eigenvalue weighted by molar-refractivity contribution is 0.206. The quantitative estimate of drug-likeness (QED) is 0.893. The Balaban J connectivity index is 1.78. The molecule has 1 aromatic heterocycles. The van der Waals surface area contributed by atoms with Crippen molar-refractivity contribution in [3.8, 4) is 5.75 Å². The van der Waals surface area contributed by atoms with Crippen molar-refractivity contribution in [1.29, 1.82) is 0 Å². The van der Waals surface area contributed by atoms with Gasteiger partial charge in [-0.05, 0) is 17.7 Å². The summed E-state index contributed by atoms with van der Waals surface area (Å²) in [5, 5.41) is 17.3. The summed E-state index contributed by atoms with van der Waals surface area (Å²) in [6.45, 7) is 3.48. The number of hydrogen-bond acceptors (Lipinski definition) is 5. The van der Waals surface area contributed by atoms with Gasteiger partial charge >= 0.3 is 0 Å². The molecule has 0 bridgehead atoms. The number of benzene rings is 1. The predicted molar refractivity (Wildman–Crippen MR) is 73.1 cm³/mol. The Morgan fingerprint density at radius 2 is 2.25 bits per heavy atom. The molecule has 6 heteroatoms. The average Bonchev–Trinajstić information content (AvgIpc) is 2.94. The van der Waals surface area contributed by atoms with Crippen LogP contribution < -0.4 is 4.74 Å². The summed E-state index contributed by atoms with van der Waals surface area (Å²) in [6, 6.07) is 5.79. The first-order valence-electron chi connectivity index (χ1n) is 6.66. The number of fused-ring (bicyclic) bond motifs is 1. The fraction of sp³-hybridized carbons (Fsp3) is 0.429. The topological polar surface area (TPSA) is 63.4 Å². The Morgan fingerprint density at radius 3 is 3.05 bits per heavy atom. The maximum Gasteiger partial charge on any atom is 0.147 e. The summed E-state index contributed by atoms with van der Waals surface area (Å²) in [5.74, 6) is 1.85. The van der Waals surface area contributed by atoms with Crippen LogP contribution in [0.2, 0.25) is 0 Å². The molecule has 2 aromatic rings. The molecule has 1 aliphatic heterocycles. The minimum absolute atomic E-state index is 0.0469. The molecule has 6 nitrogen and oxygen atoms in total. The molecule has 106 valence electrons. The van der Waals surface area contributed by atoms with Crippen molar-refractivity contribution in [1.82, 2.24) is 19.7 Å². The van der Waals surface area contributed by atoms with Crippen molar-refractivity contribution in [2.75, 3.05) is 13.7 Å². The van der Waals surface area contributed by atoms with E-state index in [0.29, 0.717) is 0 Å². The number of hydrogen-bond donors (Lipinski definition) is 1. The molecule has 0 amide bonds. The first-order valence-corrected chi connectivity index (χ1v) is 6.66. The summed E-state index contributed by atoms with van der Waals surface area (Å²) in [4.78, 5) is 2.31. The number of aliphatic hydroxyl groups excluding tert-OH is 1. The Kier molecular flexibility index (Phi) is 3.66. The van der Waals surface area contributed by atoms with Crippen molar-refractivity contribution in [3.05, 3.63) is 41.5 Å². The maximum absolute atomic E-state index is 9.26. The maximum atomic E-state index is 9.26. The third-order valence-electron chi connectivity index (χ3n) is 3.64. The zero-order valence-corrected chi connectivity index (χ0v) is 11.5. The van der Waals surface area contributed by atoms with Crippen molar-refractivity contribution < 1.29 is 9.84 Å². The second-order valence-electron chi connectivity index (χ2n) is 4.96. The predicted octanol–water partition coefficient (Wildman–Crippen LogP) is 0.795. The number of aliphatic hydroxyl groups is 1. The molecule has 0 fully saturated rings. The Bertz CT molecular complexity index is 597. The number of nitrogens with zero attached hydrogens (tertiary/aromatic N) is 4. The number of rotatable bonds is 4. The Hall–Kier alpha value is -1.92. The van der Waals surface area contributed by atoms with E-state index >= 15 is 0 Å². The monoisotopic (exact) mass is 274 g/mol. The van der Waals surface area contributed by atoms with Crippen LogP contribution in [0.5, 0.6) is 5.75 Å². The van der Waals surface area contributed by atoms with Crippen molar-refractivity contribution in [3.63, 3.8) is 0 Å². The molecule has 0 saturated carbocycles. The van der Waals surface area contributed by atoms with Crippen LogP contribution in [-0.4, -0.2) is 38.4 Å². The molecular weight excluding hydrogens is 256 g/mol. The fourth-order valence-electron chi connectivity index (χ4n) is 2.55. The largest absolute Gasteiger partial charge is 0.496 e. The third-order valence-corrected chi connectivity index (χ3v) is 3.64. The highest BCUT2D eigenvalue weighted by molar-refractivity contribution is 5.37. The van der Waals surface area contributed by atoms with Crippen LogP contribution in [0.4, 0.5) is 0 Å². The van der Waals surface area contributed by atoms with Gasteiger partial charge in [-0.2, -0.15) is 0 Å². The molecule has 2 heterocycles. The standard InChI is InChI=1S/C14H18N4O2/c1-20-13-3-2-11(9-19)6-12(13)7-17-4-5-18-10-15-16-14(18)8-17/h2-3,6,10,19H,4-5,7-9H2,1H3. The second kappa shape index (κ2) is 5.60. The summed E-state index contributed by atoms with van der Waals surface area (Å²) >= 11 is 0. The second-order valence-corrected chi connectivity index (χ2v) is 4.96. The fourth-order valence-corrected chi connectivity index (χ4v) is 2.55. The van der Waals surface area contributed by atoms with Crippen LogP contribution in [-0.2, 0) is 26.2 Å². The zero-order valence-electron chi connectivity index (χ0n) is 11.5. The van der Waals surface area contributed by atoms with E-state index in [4.69, 9.17) is 4.74 Å². The molecule has 1 N–H and O–H groups in total. The zero-order chi connectivity index (χ0) is 13.9. The summed E-state index contributed by atoms with van der Waals surface area (Å²) in [7, 11) is 1.67. The Morgan fingerprint density at radius 1 is 1.35 bits per heavy atom. The third kappa shape index (κ3) is 2.52. The number of methoxy groups -OCH3 is 1. The van der Waals surface area contributed by atoms with Gasteiger partial charge in [-0.1, -0.05) is 6.07 Å². The summed E-state index contributed by atoms with van der Waals surface area (Å²) in [6.07, 6.45) is 1.78. The lowest BCUT2D eigenvalue weighted by Crippen LogP contribution is -2.33. The van der Waals surface area contributed by atoms with E-state index in [1.165, 1.54) is 0 Å². The first-order chi connectivity index (χ1) is 9.80. The molecule has 0 aliphatic carbocycles. The number of ether oxygens (including phenoxy) is 1. The van der Waals surface area contributed by atoms with E-state index < -0.39 is 0 Å². The molecule has 1 aliphatic rings. The van der Waals surface area contributed by atoms with E-state index in [0.717, 1.165) is 48.9 Å². The molecule has 0 radical (unpaired) electrons. The van der Waals surface area contributed by atoms with Crippen molar-refractivity contribution in [2.24, 2.45) is 0 Å². The molecule has 0 spiro atoms. The summed E-state index contributed by atoms with van der Waals surface area (Å²) in [5.41, 5.74) is 1.99. The van der Waals surface area contributed by atoms with Crippen LogP contribution in [0.3, 0.4) is 0 Å². The van der Waals surface area contributed by atoms with Gasteiger partial charge in [-0.3, -0.25) is 4.90 Å². The van der Waals surface area contributed by atoms with Gasteiger partial charge in [0.25, 0.3) is 0 Å². The van der Waals surface area contributed by atoms with Gasteiger partial charge in [0.15, 0.2) is 0 Å². The van der Waals surface area contributed by atoms with E-state index in [1.807, 2.05) is 18.2 Å². The van der Waals surface area contributed by atoms with Crippen LogP contribution in [0.25, 0.3) is 0 Å². The van der Waals surface area contributed by atoms with Crippen LogP contribution >= 0.6 is 0 Å². The van der Waals surface area contributed by atoms with Crippen LogP contribution in [0.1, 0.15) is 17.0 Å². The highest BCUT2D eigenvalue weighted by atomic mass is 16.5. The van der Waals surface area contributed by atoms with Gasteiger partial charge in [-0.15, -0.1) is 10.2 Å². The van der Waals surface area contributed by atoms with Gasteiger partial charge < -0.3 is 14.4 Å². The van der Waals surface area contributed by atoms with Crippen molar-refractivity contribution in [2.45, 2.75) is 26.2 Å². The number of aromatic nitrogens is 3. The highest BCUT2D eigenvalue weighted by Gasteiger charge is 2.18. The van der Waals surface area contributed by atoms with E-state index in [2.05, 4.69) is 19.7 Å². The summed E-state index contributed by atoms with van der Waals surface area (Å²) < 4.78 is 7.48. The first kappa shape index (κ1) is 13.1. The average molecular weight is 274 g/mol. The molecule has 0 unspecified atom stereocenters. The van der Waals surface area contributed by atoms with E-state index in [1.54, 1.807) is 13.4 Å². The van der Waals surface area contributed by atoms with Crippen molar-refractivity contribution >= 4 is 0 Å². The van der Waals surface area contributed by atoms with Gasteiger partial charge in [0.2, 0.25) is 0 Å². The highest BCUT2D eigenvalue weighted by Crippen LogP contribution is 2.23. The molecule has 3 rings (SSSR count). The van der Waals surface area contributed by atoms with Gasteiger partial charge in [-0.25, -0.2) is 0 Å². The lowest BCUT2D eigenvalue weighted by atomic mass is 10.1. The smallest absolute Gasteiger partial charge is 0.147 e. The Labute approximate surface area is 117 Å². The molecule has 0 atom stereocenters. The molecule has 20 heavy (non-hydrogen) atoms. The molecular formula is C14H18N4O2. The van der Waals surface area contributed by atoms with E-state index in [-0.39, 0.29) is 6.61 Å². The van der Waals surface area contributed by atoms with Crippen LogP contribution in [0, 0.1) is 0 Å². The molecule has 0 saturated heterocycles. The van der Waals surface area contributed by atoms with Gasteiger partial charge in [0, 0.05) is 25.2 Å². The van der Waals surface area contributed by atoms with Gasteiger partial charge in [0.1, 0.15) is 17.9 Å². The van der Waals surface area contributed by atoms with Gasteiger partial charge in [0.05, 0.1) is 20.3 Å². The van der Waals surface area contributed by atoms with E-state index in [9.17, 15) is 5.11 Å².